The van der Waals surface area contributed by atoms with Crippen molar-refractivity contribution in [2.45, 2.75) is 44.1 Å². The van der Waals surface area contributed by atoms with Crippen LogP contribution >= 0.6 is 11.8 Å². The fourth-order valence-corrected chi connectivity index (χ4v) is 5.52. The summed E-state index contributed by atoms with van der Waals surface area (Å²) in [5.41, 5.74) is 5.89. The normalized spacial score (nSPS) is 14.1. The van der Waals surface area contributed by atoms with Gasteiger partial charge in [-0.1, -0.05) is 60.3 Å². The second-order valence-corrected chi connectivity index (χ2v) is 10.2. The van der Waals surface area contributed by atoms with Crippen molar-refractivity contribution < 1.29 is 4.79 Å². The first-order chi connectivity index (χ1) is 16.4. The number of aromatic nitrogens is 2. The molecule has 1 aliphatic rings. The maximum atomic E-state index is 13.6. The monoisotopic (exact) mass is 469 g/mol. The van der Waals surface area contributed by atoms with Crippen LogP contribution in [-0.2, 0) is 17.8 Å². The Morgan fingerprint density at radius 3 is 2.56 bits per heavy atom. The summed E-state index contributed by atoms with van der Waals surface area (Å²) in [6.07, 6.45) is 0.862. The van der Waals surface area contributed by atoms with Gasteiger partial charge in [0, 0.05) is 13.1 Å². The number of carbonyl (C=O) groups is 1. The second-order valence-electron chi connectivity index (χ2n) is 8.88. The third kappa shape index (κ3) is 4.14. The highest BCUT2D eigenvalue weighted by Crippen LogP contribution is 2.29. The highest BCUT2D eigenvalue weighted by molar-refractivity contribution is 8.00. The summed E-state index contributed by atoms with van der Waals surface area (Å²) in [5, 5.41) is 0.727. The van der Waals surface area contributed by atoms with E-state index in [2.05, 4.69) is 12.1 Å². The van der Waals surface area contributed by atoms with Gasteiger partial charge in [-0.05, 0) is 67.6 Å². The SMILES string of the molecule is Cc1ccc(C)c(-n2c(SC(C)C(=O)N3CCc4ccccc4C3)nc3ccccc3c2=O)c1. The van der Waals surface area contributed by atoms with E-state index in [1.807, 2.05) is 74.2 Å². The minimum atomic E-state index is -0.380. The number of benzene rings is 3. The van der Waals surface area contributed by atoms with Crippen LogP contribution in [0.1, 0.15) is 29.2 Å². The van der Waals surface area contributed by atoms with Gasteiger partial charge in [-0.3, -0.25) is 14.2 Å². The molecule has 0 bridgehead atoms. The molecule has 5 rings (SSSR count). The number of aryl methyl sites for hydroxylation is 2. The number of para-hydroxylation sites is 1. The molecule has 5 nitrogen and oxygen atoms in total. The summed E-state index contributed by atoms with van der Waals surface area (Å²) >= 11 is 1.35. The fraction of sp³-hybridized carbons (Fsp3) is 0.250. The Labute approximate surface area is 203 Å². The summed E-state index contributed by atoms with van der Waals surface area (Å²) in [7, 11) is 0. The van der Waals surface area contributed by atoms with E-state index >= 15 is 0 Å². The maximum Gasteiger partial charge on any atom is 0.266 e. The van der Waals surface area contributed by atoms with E-state index in [1.54, 1.807) is 10.6 Å². The smallest absolute Gasteiger partial charge is 0.266 e. The van der Waals surface area contributed by atoms with Crippen LogP contribution < -0.4 is 5.56 Å². The van der Waals surface area contributed by atoms with Crippen molar-refractivity contribution in [3.63, 3.8) is 0 Å². The Hall–Kier alpha value is -3.38. The average Bonchev–Trinajstić information content (AvgIpc) is 2.85. The van der Waals surface area contributed by atoms with Gasteiger partial charge in [0.05, 0.1) is 21.8 Å². The fourth-order valence-electron chi connectivity index (χ4n) is 4.51. The molecule has 1 atom stereocenters. The maximum absolute atomic E-state index is 13.6. The largest absolute Gasteiger partial charge is 0.337 e. The lowest BCUT2D eigenvalue weighted by atomic mass is 10.00. The molecule has 1 unspecified atom stereocenters. The lowest BCUT2D eigenvalue weighted by Gasteiger charge is -2.30. The van der Waals surface area contributed by atoms with Gasteiger partial charge >= 0.3 is 0 Å². The van der Waals surface area contributed by atoms with Crippen LogP contribution in [0, 0.1) is 13.8 Å². The quantitative estimate of drug-likeness (QED) is 0.309. The standard InChI is InChI=1S/C28H27N3O2S/c1-18-12-13-19(2)25(16-18)31-27(33)23-10-6-7-11-24(23)29-28(31)34-20(3)26(32)30-15-14-21-8-4-5-9-22(21)17-30/h4-13,16,20H,14-15,17H2,1-3H3. The Morgan fingerprint density at radius 1 is 1.00 bits per heavy atom. The number of amides is 1. The lowest BCUT2D eigenvalue weighted by Crippen LogP contribution is -2.40. The molecule has 1 aromatic heterocycles. The number of fused-ring (bicyclic) bond motifs is 2. The third-order valence-corrected chi connectivity index (χ3v) is 7.46. The molecular weight excluding hydrogens is 442 g/mol. The van der Waals surface area contributed by atoms with Gasteiger partial charge in [0.1, 0.15) is 0 Å². The van der Waals surface area contributed by atoms with Crippen molar-refractivity contribution >= 4 is 28.6 Å². The first kappa shape index (κ1) is 22.4. The van der Waals surface area contributed by atoms with E-state index < -0.39 is 0 Å². The highest BCUT2D eigenvalue weighted by Gasteiger charge is 2.27. The van der Waals surface area contributed by atoms with Gasteiger partial charge in [-0.15, -0.1) is 0 Å². The molecule has 0 N–H and O–H groups in total. The molecule has 4 aromatic rings. The zero-order valence-corrected chi connectivity index (χ0v) is 20.4. The second kappa shape index (κ2) is 9.11. The van der Waals surface area contributed by atoms with Gasteiger partial charge in [-0.25, -0.2) is 4.98 Å². The minimum Gasteiger partial charge on any atom is -0.337 e. The van der Waals surface area contributed by atoms with Crippen LogP contribution in [0.15, 0.2) is 76.7 Å². The van der Waals surface area contributed by atoms with Crippen molar-refractivity contribution in [2.24, 2.45) is 0 Å². The van der Waals surface area contributed by atoms with E-state index in [1.165, 1.54) is 22.9 Å². The number of carbonyl (C=O) groups excluding carboxylic acids is 1. The molecule has 0 spiro atoms. The molecule has 172 valence electrons. The Morgan fingerprint density at radius 2 is 1.74 bits per heavy atom. The van der Waals surface area contributed by atoms with Crippen molar-refractivity contribution in [2.75, 3.05) is 6.54 Å². The Kier molecular flexibility index (Phi) is 6.00. The summed E-state index contributed by atoms with van der Waals surface area (Å²) in [4.78, 5) is 33.8. The van der Waals surface area contributed by atoms with Gasteiger partial charge in [-0.2, -0.15) is 0 Å². The van der Waals surface area contributed by atoms with Crippen molar-refractivity contribution in [3.05, 3.63) is 99.3 Å². The zero-order valence-electron chi connectivity index (χ0n) is 19.6. The molecule has 2 heterocycles. The van der Waals surface area contributed by atoms with Crippen LogP contribution in [0.5, 0.6) is 0 Å². The van der Waals surface area contributed by atoms with Crippen molar-refractivity contribution in [1.29, 1.82) is 0 Å². The molecule has 0 fully saturated rings. The number of hydrogen-bond acceptors (Lipinski definition) is 4. The molecule has 0 saturated heterocycles. The van der Waals surface area contributed by atoms with Crippen LogP contribution in [0.4, 0.5) is 0 Å². The first-order valence-corrected chi connectivity index (χ1v) is 12.4. The van der Waals surface area contributed by atoms with E-state index in [-0.39, 0.29) is 16.7 Å². The molecule has 0 saturated carbocycles. The molecule has 0 radical (unpaired) electrons. The molecular formula is C28H27N3O2S. The molecule has 0 aliphatic carbocycles. The molecule has 6 heteroatoms. The van der Waals surface area contributed by atoms with E-state index in [0.717, 1.165) is 23.2 Å². The van der Waals surface area contributed by atoms with E-state index in [0.29, 0.717) is 29.1 Å². The number of nitrogens with zero attached hydrogens (tertiary/aromatic N) is 3. The molecule has 3 aromatic carbocycles. The zero-order chi connectivity index (χ0) is 23.8. The molecule has 1 aliphatic heterocycles. The van der Waals surface area contributed by atoms with Crippen molar-refractivity contribution in [1.82, 2.24) is 14.5 Å². The number of rotatable bonds is 4. The summed E-state index contributed by atoms with van der Waals surface area (Å²) in [5.74, 6) is 0.0643. The number of thioether (sulfide) groups is 1. The van der Waals surface area contributed by atoms with Gasteiger partial charge in [0.2, 0.25) is 5.91 Å². The van der Waals surface area contributed by atoms with Crippen LogP contribution in [0.25, 0.3) is 16.6 Å². The summed E-state index contributed by atoms with van der Waals surface area (Å²) < 4.78 is 1.67. The van der Waals surface area contributed by atoms with Gasteiger partial charge in [0.15, 0.2) is 5.16 Å². The van der Waals surface area contributed by atoms with E-state index in [9.17, 15) is 9.59 Å². The Bertz CT molecular complexity index is 1460. The predicted molar refractivity (Wildman–Crippen MR) is 138 cm³/mol. The van der Waals surface area contributed by atoms with E-state index in [4.69, 9.17) is 4.98 Å². The van der Waals surface area contributed by atoms with Gasteiger partial charge < -0.3 is 4.90 Å². The number of hydrogen-bond donors (Lipinski definition) is 0. The van der Waals surface area contributed by atoms with Crippen LogP contribution in [0.3, 0.4) is 0 Å². The topological polar surface area (TPSA) is 55.2 Å². The average molecular weight is 470 g/mol. The summed E-state index contributed by atoms with van der Waals surface area (Å²) in [6.45, 7) is 7.23. The third-order valence-electron chi connectivity index (χ3n) is 6.42. The first-order valence-electron chi connectivity index (χ1n) is 11.5. The van der Waals surface area contributed by atoms with Crippen LogP contribution in [0.2, 0.25) is 0 Å². The molecule has 34 heavy (non-hydrogen) atoms. The van der Waals surface area contributed by atoms with Gasteiger partial charge in [0.25, 0.3) is 5.56 Å². The Balaban J connectivity index is 1.52. The lowest BCUT2D eigenvalue weighted by molar-refractivity contribution is -0.131. The van der Waals surface area contributed by atoms with Crippen LogP contribution in [-0.4, -0.2) is 32.2 Å². The minimum absolute atomic E-state index is 0.0643. The highest BCUT2D eigenvalue weighted by atomic mass is 32.2. The van der Waals surface area contributed by atoms with Crippen molar-refractivity contribution in [3.8, 4) is 5.69 Å². The summed E-state index contributed by atoms with van der Waals surface area (Å²) in [6, 6.07) is 21.7. The predicted octanol–water partition coefficient (Wildman–Crippen LogP) is 5.07. The molecule has 1 amide bonds.